The van der Waals surface area contributed by atoms with Crippen molar-refractivity contribution in [3.05, 3.63) is 24.0 Å². The Morgan fingerprint density at radius 2 is 2.20 bits per heavy atom. The Hall–Kier alpha value is -2.07. The van der Waals surface area contributed by atoms with Crippen LogP contribution in [0.5, 0.6) is 0 Å². The third-order valence-electron chi connectivity index (χ3n) is 2.32. The van der Waals surface area contributed by atoms with Crippen molar-refractivity contribution in [2.24, 2.45) is 10.9 Å². The van der Waals surface area contributed by atoms with E-state index in [2.05, 4.69) is 15.6 Å². The van der Waals surface area contributed by atoms with E-state index in [1.807, 2.05) is 0 Å². The van der Waals surface area contributed by atoms with Crippen molar-refractivity contribution in [3.8, 4) is 6.19 Å². The Morgan fingerprint density at radius 3 is 2.75 bits per heavy atom. The van der Waals surface area contributed by atoms with Gasteiger partial charge in [0.25, 0.3) is 0 Å². The molecule has 5 nitrogen and oxygen atoms in total. The highest BCUT2D eigenvalue weighted by atomic mass is 32.2. The lowest BCUT2D eigenvalue weighted by molar-refractivity contribution is -0.118. The van der Waals surface area contributed by atoms with Gasteiger partial charge in [-0.2, -0.15) is 5.26 Å². The summed E-state index contributed by atoms with van der Waals surface area (Å²) in [7, 11) is 0. The van der Waals surface area contributed by atoms with E-state index in [1.165, 1.54) is 30.0 Å². The van der Waals surface area contributed by atoms with Gasteiger partial charge < -0.3 is 5.32 Å². The van der Waals surface area contributed by atoms with E-state index in [4.69, 9.17) is 5.26 Å². The summed E-state index contributed by atoms with van der Waals surface area (Å²) < 4.78 is 13.6. The van der Waals surface area contributed by atoms with E-state index < -0.39 is 5.82 Å². The summed E-state index contributed by atoms with van der Waals surface area (Å²) in [6, 6.07) is 4.11. The van der Waals surface area contributed by atoms with Crippen LogP contribution in [0.1, 0.15) is 13.8 Å². The molecule has 0 saturated heterocycles. The second kappa shape index (κ2) is 7.50. The molecule has 0 aliphatic heterocycles. The molecule has 1 aromatic rings. The number of amidine groups is 1. The second-order valence-corrected chi connectivity index (χ2v) is 4.96. The van der Waals surface area contributed by atoms with Crippen LogP contribution in [-0.2, 0) is 4.79 Å². The normalized spacial score (nSPS) is 11.1. The van der Waals surface area contributed by atoms with Crippen molar-refractivity contribution < 1.29 is 9.18 Å². The summed E-state index contributed by atoms with van der Waals surface area (Å²) in [5.74, 6) is -1.05. The number of halogens is 1. The summed E-state index contributed by atoms with van der Waals surface area (Å²) >= 11 is 1.25. The minimum atomic E-state index is -0.531. The van der Waals surface area contributed by atoms with Crippen LogP contribution in [0.25, 0.3) is 0 Å². The Bertz CT molecular complexity index is 566. The predicted molar refractivity (Wildman–Crippen MR) is 79.2 cm³/mol. The Balaban J connectivity index is 3.02. The number of hydrogen-bond acceptors (Lipinski definition) is 4. The molecule has 0 spiro atoms. The van der Waals surface area contributed by atoms with Gasteiger partial charge in [0.15, 0.2) is 11.4 Å². The van der Waals surface area contributed by atoms with Crippen molar-refractivity contribution in [1.82, 2.24) is 5.32 Å². The molecular weight excluding hydrogens is 279 g/mol. The number of carbonyl (C=O) groups is 1. The highest BCUT2D eigenvalue weighted by Gasteiger charge is 2.11. The maximum atomic E-state index is 13.6. The highest BCUT2D eigenvalue weighted by molar-refractivity contribution is 8.13. The fourth-order valence-corrected chi connectivity index (χ4v) is 1.59. The number of benzene rings is 1. The van der Waals surface area contributed by atoms with Crippen molar-refractivity contribution in [3.63, 3.8) is 0 Å². The predicted octanol–water partition coefficient (Wildman–Crippen LogP) is 2.84. The van der Waals surface area contributed by atoms with Crippen LogP contribution in [0.3, 0.4) is 0 Å². The minimum absolute atomic E-state index is 0.0716. The van der Waals surface area contributed by atoms with Crippen LogP contribution in [-0.4, -0.2) is 17.3 Å². The van der Waals surface area contributed by atoms with Gasteiger partial charge in [0.1, 0.15) is 5.82 Å². The van der Waals surface area contributed by atoms with Crippen LogP contribution in [0.2, 0.25) is 0 Å². The molecule has 0 bridgehead atoms. The summed E-state index contributed by atoms with van der Waals surface area (Å²) in [5, 5.41) is 13.9. The highest BCUT2D eigenvalue weighted by Crippen LogP contribution is 2.23. The lowest BCUT2D eigenvalue weighted by Crippen LogP contribution is -2.18. The van der Waals surface area contributed by atoms with Crippen molar-refractivity contribution in [2.75, 3.05) is 11.6 Å². The first-order valence-electron chi connectivity index (χ1n) is 5.86. The molecular formula is C13H15FN4OS. The van der Waals surface area contributed by atoms with Crippen LogP contribution < -0.4 is 10.6 Å². The second-order valence-electron chi connectivity index (χ2n) is 4.17. The van der Waals surface area contributed by atoms with E-state index in [0.717, 1.165) is 0 Å². The number of amides is 1. The molecule has 0 fully saturated rings. The monoisotopic (exact) mass is 294 g/mol. The summed E-state index contributed by atoms with van der Waals surface area (Å²) in [6.45, 7) is 3.44. The van der Waals surface area contributed by atoms with E-state index in [9.17, 15) is 9.18 Å². The molecule has 1 amide bonds. The number of hydrogen-bond donors (Lipinski definition) is 2. The molecule has 106 valence electrons. The minimum Gasteiger partial charge on any atom is -0.323 e. The Kier molecular flexibility index (Phi) is 6.00. The van der Waals surface area contributed by atoms with Gasteiger partial charge in [0, 0.05) is 5.92 Å². The Morgan fingerprint density at radius 1 is 1.50 bits per heavy atom. The molecule has 0 aliphatic carbocycles. The van der Waals surface area contributed by atoms with Gasteiger partial charge >= 0.3 is 0 Å². The molecule has 7 heteroatoms. The molecule has 0 saturated carbocycles. The number of nitrogens with zero attached hydrogens (tertiary/aromatic N) is 2. The van der Waals surface area contributed by atoms with Gasteiger partial charge in [0.2, 0.25) is 5.91 Å². The SMILES string of the molecule is CSC(=Nc1ccc(F)c(NC(=O)C(C)C)c1)NC#N. The molecule has 0 aromatic heterocycles. The lowest BCUT2D eigenvalue weighted by atomic mass is 10.2. The van der Waals surface area contributed by atoms with Crippen LogP contribution >= 0.6 is 11.8 Å². The number of rotatable bonds is 3. The third kappa shape index (κ3) is 4.55. The fourth-order valence-electron chi connectivity index (χ4n) is 1.25. The van der Waals surface area contributed by atoms with E-state index in [-0.39, 0.29) is 17.5 Å². The molecule has 0 heterocycles. The zero-order valence-corrected chi connectivity index (χ0v) is 12.2. The van der Waals surface area contributed by atoms with Crippen molar-refractivity contribution in [1.29, 1.82) is 5.26 Å². The maximum Gasteiger partial charge on any atom is 0.227 e. The number of carbonyl (C=O) groups excluding carboxylic acids is 1. The summed E-state index contributed by atoms with van der Waals surface area (Å²) in [6.07, 6.45) is 3.52. The molecule has 1 aromatic carbocycles. The number of thioether (sulfide) groups is 1. The number of nitrogens with one attached hydrogen (secondary N) is 2. The number of nitriles is 1. The molecule has 20 heavy (non-hydrogen) atoms. The molecule has 0 aliphatic rings. The van der Waals surface area contributed by atoms with Gasteiger partial charge in [-0.15, -0.1) is 0 Å². The van der Waals surface area contributed by atoms with E-state index >= 15 is 0 Å². The Labute approximate surface area is 121 Å². The van der Waals surface area contributed by atoms with Crippen LogP contribution in [0.15, 0.2) is 23.2 Å². The first-order valence-corrected chi connectivity index (χ1v) is 7.08. The first kappa shape index (κ1) is 16.0. The summed E-state index contributed by atoms with van der Waals surface area (Å²) in [5.41, 5.74) is 0.514. The topological polar surface area (TPSA) is 77.3 Å². The van der Waals surface area contributed by atoms with Crippen LogP contribution in [0, 0.1) is 23.2 Å². The summed E-state index contributed by atoms with van der Waals surface area (Å²) in [4.78, 5) is 15.7. The van der Waals surface area contributed by atoms with E-state index in [1.54, 1.807) is 26.3 Å². The van der Waals surface area contributed by atoms with Gasteiger partial charge in [-0.05, 0) is 24.5 Å². The average molecular weight is 294 g/mol. The fraction of sp³-hybridized carbons (Fsp3) is 0.308. The van der Waals surface area contributed by atoms with Gasteiger partial charge in [0.05, 0.1) is 11.4 Å². The van der Waals surface area contributed by atoms with Gasteiger partial charge in [-0.25, -0.2) is 9.38 Å². The van der Waals surface area contributed by atoms with Gasteiger partial charge in [-0.3, -0.25) is 10.1 Å². The molecule has 0 unspecified atom stereocenters. The average Bonchev–Trinajstić information content (AvgIpc) is 2.41. The molecule has 2 N–H and O–H groups in total. The third-order valence-corrected chi connectivity index (χ3v) is 2.90. The maximum absolute atomic E-state index is 13.6. The smallest absolute Gasteiger partial charge is 0.227 e. The largest absolute Gasteiger partial charge is 0.323 e. The van der Waals surface area contributed by atoms with Crippen molar-refractivity contribution in [2.45, 2.75) is 13.8 Å². The quantitative estimate of drug-likeness (QED) is 0.389. The van der Waals surface area contributed by atoms with Gasteiger partial charge in [-0.1, -0.05) is 25.6 Å². The standard InChI is InChI=1S/C13H15FN4OS/c1-8(2)12(19)18-11-6-9(4-5-10(11)14)17-13(20-3)16-7-15/h4-6,8H,1-3H3,(H,16,17)(H,18,19). The first-order chi connectivity index (χ1) is 9.47. The zero-order valence-electron chi connectivity index (χ0n) is 11.4. The molecule has 1 rings (SSSR count). The number of aliphatic imine (C=N–C) groups is 1. The number of anilines is 1. The molecule has 0 radical (unpaired) electrons. The van der Waals surface area contributed by atoms with Crippen LogP contribution in [0.4, 0.5) is 15.8 Å². The lowest BCUT2D eigenvalue weighted by Gasteiger charge is -2.09. The van der Waals surface area contributed by atoms with E-state index in [0.29, 0.717) is 10.9 Å². The van der Waals surface area contributed by atoms with Crippen molar-refractivity contribution >= 4 is 34.2 Å². The zero-order chi connectivity index (χ0) is 15.1. The molecule has 0 atom stereocenters.